The first-order valence-corrected chi connectivity index (χ1v) is 7.54. The summed E-state index contributed by atoms with van der Waals surface area (Å²) in [4.78, 5) is 4.67. The molecule has 0 fully saturated rings. The van der Waals surface area contributed by atoms with E-state index in [4.69, 9.17) is 4.74 Å². The van der Waals surface area contributed by atoms with Crippen LogP contribution in [0.25, 0.3) is 0 Å². The molecule has 0 spiro atoms. The number of aromatic nitrogens is 1. The van der Waals surface area contributed by atoms with Gasteiger partial charge in [-0.2, -0.15) is 0 Å². The molecule has 1 aromatic heterocycles. The SMILES string of the molecule is COc1ccccc1CNC1=NCCNC1c1cccn1C. The number of hydrogen-bond donors (Lipinski definition) is 2. The van der Waals surface area contributed by atoms with Crippen molar-refractivity contribution in [3.63, 3.8) is 0 Å². The molecule has 1 atom stereocenters. The van der Waals surface area contributed by atoms with E-state index in [0.29, 0.717) is 6.54 Å². The fourth-order valence-electron chi connectivity index (χ4n) is 2.78. The quantitative estimate of drug-likeness (QED) is 0.906. The lowest BCUT2D eigenvalue weighted by Gasteiger charge is -2.26. The van der Waals surface area contributed by atoms with Crippen LogP contribution >= 0.6 is 0 Å². The van der Waals surface area contributed by atoms with Crippen molar-refractivity contribution in [2.45, 2.75) is 12.6 Å². The van der Waals surface area contributed by atoms with Crippen LogP contribution in [0.4, 0.5) is 0 Å². The van der Waals surface area contributed by atoms with E-state index in [-0.39, 0.29) is 6.04 Å². The standard InChI is InChI=1S/C17H22N4O/c1-21-11-5-7-14(21)16-17(19-10-9-18-16)20-12-13-6-3-4-8-15(13)22-2/h3-8,11,16,18H,9-10,12H2,1-2H3,(H,19,20). The first-order chi connectivity index (χ1) is 10.8. The molecule has 22 heavy (non-hydrogen) atoms. The number of nitrogens with zero attached hydrogens (tertiary/aromatic N) is 2. The predicted octanol–water partition coefficient (Wildman–Crippen LogP) is 1.87. The van der Waals surface area contributed by atoms with Crippen LogP contribution in [-0.4, -0.2) is 30.6 Å². The topological polar surface area (TPSA) is 50.6 Å². The van der Waals surface area contributed by atoms with E-state index in [2.05, 4.69) is 51.6 Å². The maximum absolute atomic E-state index is 5.40. The van der Waals surface area contributed by atoms with E-state index in [0.717, 1.165) is 30.2 Å². The van der Waals surface area contributed by atoms with Crippen LogP contribution < -0.4 is 15.4 Å². The van der Waals surface area contributed by atoms with Gasteiger partial charge in [-0.1, -0.05) is 18.2 Å². The molecule has 1 unspecified atom stereocenters. The first kappa shape index (κ1) is 14.7. The second kappa shape index (κ2) is 6.66. The van der Waals surface area contributed by atoms with Crippen molar-refractivity contribution in [1.29, 1.82) is 0 Å². The maximum atomic E-state index is 5.40. The molecule has 5 nitrogen and oxygen atoms in total. The van der Waals surface area contributed by atoms with Crippen molar-refractivity contribution in [3.8, 4) is 5.75 Å². The van der Waals surface area contributed by atoms with Crippen LogP contribution in [0.2, 0.25) is 0 Å². The van der Waals surface area contributed by atoms with E-state index in [9.17, 15) is 0 Å². The van der Waals surface area contributed by atoms with Gasteiger partial charge in [0.15, 0.2) is 0 Å². The van der Waals surface area contributed by atoms with Crippen molar-refractivity contribution >= 4 is 5.84 Å². The molecule has 116 valence electrons. The van der Waals surface area contributed by atoms with Gasteiger partial charge in [-0.25, -0.2) is 0 Å². The second-order valence-electron chi connectivity index (χ2n) is 5.36. The minimum Gasteiger partial charge on any atom is -0.496 e. The van der Waals surface area contributed by atoms with E-state index in [1.54, 1.807) is 7.11 Å². The molecule has 1 aliphatic heterocycles. The minimum atomic E-state index is 0.114. The number of amidine groups is 1. The average Bonchev–Trinajstić information content (AvgIpc) is 2.99. The van der Waals surface area contributed by atoms with E-state index < -0.39 is 0 Å². The van der Waals surface area contributed by atoms with Gasteiger partial charge in [-0.05, 0) is 18.2 Å². The van der Waals surface area contributed by atoms with E-state index in [1.807, 2.05) is 18.2 Å². The molecule has 3 rings (SSSR count). The lowest BCUT2D eigenvalue weighted by Crippen LogP contribution is -2.43. The second-order valence-corrected chi connectivity index (χ2v) is 5.36. The fourth-order valence-corrected chi connectivity index (χ4v) is 2.78. The molecule has 5 heteroatoms. The highest BCUT2D eigenvalue weighted by molar-refractivity contribution is 5.88. The predicted molar refractivity (Wildman–Crippen MR) is 88.3 cm³/mol. The van der Waals surface area contributed by atoms with Gasteiger partial charge in [-0.3, -0.25) is 4.99 Å². The molecule has 2 heterocycles. The zero-order chi connectivity index (χ0) is 15.4. The highest BCUT2D eigenvalue weighted by Gasteiger charge is 2.22. The van der Waals surface area contributed by atoms with Crippen molar-refractivity contribution in [2.24, 2.45) is 12.0 Å². The highest BCUT2D eigenvalue weighted by atomic mass is 16.5. The van der Waals surface area contributed by atoms with Gasteiger partial charge in [0.25, 0.3) is 0 Å². The number of nitrogens with one attached hydrogen (secondary N) is 2. The van der Waals surface area contributed by atoms with E-state index >= 15 is 0 Å². The lowest BCUT2D eigenvalue weighted by molar-refractivity contribution is 0.409. The summed E-state index contributed by atoms with van der Waals surface area (Å²) in [5.41, 5.74) is 2.34. The number of ether oxygens (including phenoxy) is 1. The molecule has 0 aliphatic carbocycles. The van der Waals surface area contributed by atoms with Crippen LogP contribution in [0.15, 0.2) is 47.6 Å². The third kappa shape index (κ3) is 2.99. The summed E-state index contributed by atoms with van der Waals surface area (Å²) < 4.78 is 7.53. The summed E-state index contributed by atoms with van der Waals surface area (Å²) >= 11 is 0. The molecule has 2 aromatic rings. The van der Waals surface area contributed by atoms with E-state index in [1.165, 1.54) is 5.69 Å². The number of hydrogen-bond acceptors (Lipinski definition) is 4. The monoisotopic (exact) mass is 298 g/mol. The third-order valence-electron chi connectivity index (χ3n) is 3.95. The Bertz CT molecular complexity index is 662. The van der Waals surface area contributed by atoms with Gasteiger partial charge in [0, 0.05) is 37.6 Å². The number of methoxy groups -OCH3 is 1. The largest absolute Gasteiger partial charge is 0.496 e. The van der Waals surface area contributed by atoms with Crippen LogP contribution in [0.5, 0.6) is 5.75 Å². The Hall–Kier alpha value is -2.27. The summed E-state index contributed by atoms with van der Waals surface area (Å²) in [7, 11) is 3.76. The van der Waals surface area contributed by atoms with Crippen molar-refractivity contribution < 1.29 is 4.74 Å². The van der Waals surface area contributed by atoms with Gasteiger partial charge >= 0.3 is 0 Å². The van der Waals surface area contributed by atoms with Gasteiger partial charge < -0.3 is 19.9 Å². The smallest absolute Gasteiger partial charge is 0.123 e. The third-order valence-corrected chi connectivity index (χ3v) is 3.95. The Morgan fingerprint density at radius 1 is 1.32 bits per heavy atom. The molecule has 0 amide bonds. The molecular formula is C17H22N4O. The Morgan fingerprint density at radius 2 is 2.18 bits per heavy atom. The Kier molecular flexibility index (Phi) is 4.44. The van der Waals surface area contributed by atoms with Crippen molar-refractivity contribution in [2.75, 3.05) is 20.2 Å². The number of benzene rings is 1. The van der Waals surface area contributed by atoms with Gasteiger partial charge in [-0.15, -0.1) is 0 Å². The van der Waals surface area contributed by atoms with Gasteiger partial charge in [0.05, 0.1) is 13.7 Å². The molecular weight excluding hydrogens is 276 g/mol. The van der Waals surface area contributed by atoms with Crippen molar-refractivity contribution in [1.82, 2.24) is 15.2 Å². The summed E-state index contributed by atoms with van der Waals surface area (Å²) in [5.74, 6) is 1.88. The first-order valence-electron chi connectivity index (χ1n) is 7.54. The van der Waals surface area contributed by atoms with Gasteiger partial charge in [0.2, 0.25) is 0 Å². The Morgan fingerprint density at radius 3 is 2.95 bits per heavy atom. The van der Waals surface area contributed by atoms with Crippen LogP contribution in [-0.2, 0) is 13.6 Å². The van der Waals surface area contributed by atoms with Crippen LogP contribution in [0.3, 0.4) is 0 Å². The van der Waals surface area contributed by atoms with Crippen LogP contribution in [0.1, 0.15) is 17.3 Å². The molecule has 0 saturated carbocycles. The summed E-state index contributed by atoms with van der Waals surface area (Å²) in [6, 6.07) is 12.4. The number of aryl methyl sites for hydroxylation is 1. The summed E-state index contributed by atoms with van der Waals surface area (Å²) in [6.45, 7) is 2.40. The fraction of sp³-hybridized carbons (Fsp3) is 0.353. The number of aliphatic imine (C=N–C) groups is 1. The Labute approximate surface area is 131 Å². The zero-order valence-corrected chi connectivity index (χ0v) is 13.0. The van der Waals surface area contributed by atoms with Crippen molar-refractivity contribution in [3.05, 3.63) is 53.9 Å². The lowest BCUT2D eigenvalue weighted by atomic mass is 10.1. The molecule has 0 bridgehead atoms. The summed E-state index contributed by atoms with van der Waals surface area (Å²) in [5, 5.41) is 7.00. The molecule has 1 aliphatic rings. The Balaban J connectivity index is 1.75. The number of para-hydroxylation sites is 1. The minimum absolute atomic E-state index is 0.114. The maximum Gasteiger partial charge on any atom is 0.123 e. The number of rotatable bonds is 4. The highest BCUT2D eigenvalue weighted by Crippen LogP contribution is 2.19. The normalized spacial score (nSPS) is 17.9. The molecule has 0 radical (unpaired) electrons. The van der Waals surface area contributed by atoms with Crippen LogP contribution in [0, 0.1) is 0 Å². The zero-order valence-electron chi connectivity index (χ0n) is 13.0. The molecule has 1 aromatic carbocycles. The average molecular weight is 298 g/mol. The van der Waals surface area contributed by atoms with Gasteiger partial charge in [0.1, 0.15) is 17.6 Å². The summed E-state index contributed by atoms with van der Waals surface area (Å²) in [6.07, 6.45) is 2.06. The molecule has 2 N–H and O–H groups in total. The molecule has 0 saturated heterocycles.